The fourth-order valence-electron chi connectivity index (χ4n) is 2.21. The highest BCUT2D eigenvalue weighted by atomic mass is 35.5. The maximum absolute atomic E-state index is 14.0. The highest BCUT2D eigenvalue weighted by Gasteiger charge is 2.28. The van der Waals surface area contributed by atoms with Crippen LogP contribution in [-0.2, 0) is 0 Å². The van der Waals surface area contributed by atoms with Crippen LogP contribution in [0.15, 0.2) is 33.9 Å². The molecule has 0 saturated heterocycles. The van der Waals surface area contributed by atoms with Crippen LogP contribution >= 0.6 is 11.6 Å². The third kappa shape index (κ3) is 2.08. The molecular weight excluding hydrogens is 283 g/mol. The molecule has 0 radical (unpaired) electrons. The minimum absolute atomic E-state index is 0.0556. The lowest BCUT2D eigenvalue weighted by Gasteiger charge is -2.12. The summed E-state index contributed by atoms with van der Waals surface area (Å²) in [7, 11) is 0. The van der Waals surface area contributed by atoms with Crippen LogP contribution in [0.1, 0.15) is 24.4 Å². The minimum Gasteiger partial charge on any atom is -0.269 e. The van der Waals surface area contributed by atoms with Crippen molar-refractivity contribution in [2.45, 2.75) is 25.8 Å². The van der Waals surface area contributed by atoms with Crippen molar-refractivity contribution in [3.63, 3.8) is 0 Å². The molecule has 1 saturated carbocycles. The molecule has 0 aliphatic heterocycles. The van der Waals surface area contributed by atoms with E-state index in [4.69, 9.17) is 11.6 Å². The molecule has 104 valence electrons. The van der Waals surface area contributed by atoms with E-state index >= 15 is 0 Å². The Morgan fingerprint density at radius 2 is 1.95 bits per heavy atom. The van der Waals surface area contributed by atoms with Gasteiger partial charge in [0.25, 0.3) is 5.56 Å². The summed E-state index contributed by atoms with van der Waals surface area (Å²) >= 11 is 5.96. The Kier molecular flexibility index (Phi) is 3.01. The molecule has 1 aliphatic carbocycles. The molecule has 1 aliphatic rings. The zero-order chi connectivity index (χ0) is 14.4. The number of nitrogens with zero attached hydrogens (tertiary/aromatic N) is 2. The third-order valence-electron chi connectivity index (χ3n) is 3.35. The fourth-order valence-corrected chi connectivity index (χ4v) is 2.47. The Bertz CT molecular complexity index is 806. The molecule has 0 atom stereocenters. The van der Waals surface area contributed by atoms with Crippen LogP contribution in [0.4, 0.5) is 4.39 Å². The number of hydrogen-bond donors (Lipinski definition) is 0. The van der Waals surface area contributed by atoms with Crippen molar-refractivity contribution in [3.8, 4) is 5.69 Å². The van der Waals surface area contributed by atoms with Gasteiger partial charge in [-0.25, -0.2) is 13.8 Å². The van der Waals surface area contributed by atoms with Gasteiger partial charge in [-0.15, -0.1) is 0 Å². The molecule has 0 N–H and O–H groups in total. The normalized spacial score (nSPS) is 14.6. The van der Waals surface area contributed by atoms with Crippen molar-refractivity contribution < 1.29 is 4.39 Å². The molecule has 2 aromatic rings. The summed E-state index contributed by atoms with van der Waals surface area (Å²) < 4.78 is 16.2. The van der Waals surface area contributed by atoms with E-state index in [9.17, 15) is 14.0 Å². The van der Waals surface area contributed by atoms with Crippen LogP contribution in [0.25, 0.3) is 5.69 Å². The molecule has 6 heteroatoms. The zero-order valence-corrected chi connectivity index (χ0v) is 11.5. The van der Waals surface area contributed by atoms with Gasteiger partial charge < -0.3 is 0 Å². The summed E-state index contributed by atoms with van der Waals surface area (Å²) in [6, 6.07) is 5.56. The molecule has 0 spiro atoms. The van der Waals surface area contributed by atoms with Crippen molar-refractivity contribution in [3.05, 3.63) is 61.6 Å². The van der Waals surface area contributed by atoms with Crippen LogP contribution in [0.5, 0.6) is 0 Å². The third-order valence-corrected chi connectivity index (χ3v) is 3.63. The second kappa shape index (κ2) is 4.59. The minimum atomic E-state index is -0.590. The largest absolute Gasteiger partial charge is 0.337 e. The summed E-state index contributed by atoms with van der Waals surface area (Å²) in [5.74, 6) is -0.546. The van der Waals surface area contributed by atoms with Gasteiger partial charge in [-0.1, -0.05) is 17.7 Å². The second-order valence-corrected chi connectivity index (χ2v) is 5.37. The highest BCUT2D eigenvalue weighted by molar-refractivity contribution is 6.29. The van der Waals surface area contributed by atoms with Crippen molar-refractivity contribution in [1.82, 2.24) is 9.13 Å². The Balaban J connectivity index is 2.31. The van der Waals surface area contributed by atoms with E-state index in [0.717, 1.165) is 33.6 Å². The number of rotatable bonds is 2. The predicted octanol–water partition coefficient (Wildman–Crippen LogP) is 2.44. The first-order valence-electron chi connectivity index (χ1n) is 6.29. The van der Waals surface area contributed by atoms with Crippen molar-refractivity contribution in [1.29, 1.82) is 0 Å². The van der Waals surface area contributed by atoms with E-state index in [0.29, 0.717) is 0 Å². The quantitative estimate of drug-likeness (QED) is 0.799. The lowest BCUT2D eigenvalue weighted by atomic mass is 10.2. The molecule has 1 heterocycles. The smallest absolute Gasteiger partial charge is 0.269 e. The van der Waals surface area contributed by atoms with Crippen LogP contribution in [0, 0.1) is 12.7 Å². The Hall–Kier alpha value is -1.88. The molecule has 0 amide bonds. The summed E-state index contributed by atoms with van der Waals surface area (Å²) in [6.07, 6.45) is 1.57. The maximum Gasteiger partial charge on any atom is 0.337 e. The van der Waals surface area contributed by atoms with E-state index in [2.05, 4.69) is 0 Å². The van der Waals surface area contributed by atoms with Gasteiger partial charge in [0.05, 0.1) is 5.69 Å². The van der Waals surface area contributed by atoms with Crippen LogP contribution < -0.4 is 11.2 Å². The fraction of sp³-hybridized carbons (Fsp3) is 0.286. The molecule has 1 aromatic heterocycles. The average molecular weight is 295 g/mol. The van der Waals surface area contributed by atoms with Gasteiger partial charge in [-0.3, -0.25) is 9.36 Å². The predicted molar refractivity (Wildman–Crippen MR) is 74.3 cm³/mol. The van der Waals surface area contributed by atoms with E-state index in [-0.39, 0.29) is 16.9 Å². The molecule has 1 aromatic carbocycles. The monoisotopic (exact) mass is 294 g/mol. The number of aromatic nitrogens is 2. The van der Waals surface area contributed by atoms with Gasteiger partial charge in [0, 0.05) is 12.1 Å². The Morgan fingerprint density at radius 1 is 1.25 bits per heavy atom. The number of halogens is 2. The molecule has 3 rings (SSSR count). The zero-order valence-electron chi connectivity index (χ0n) is 10.8. The first-order valence-corrected chi connectivity index (χ1v) is 6.67. The van der Waals surface area contributed by atoms with Gasteiger partial charge in [0.1, 0.15) is 11.0 Å². The molecule has 20 heavy (non-hydrogen) atoms. The Labute approximate surface area is 119 Å². The lowest BCUT2D eigenvalue weighted by molar-refractivity contribution is 0.592. The Morgan fingerprint density at radius 3 is 2.55 bits per heavy atom. The van der Waals surface area contributed by atoms with E-state index < -0.39 is 17.1 Å². The van der Waals surface area contributed by atoms with E-state index in [1.165, 1.54) is 12.1 Å². The maximum atomic E-state index is 14.0. The number of hydrogen-bond acceptors (Lipinski definition) is 2. The number of aryl methyl sites for hydroxylation is 1. The van der Waals surface area contributed by atoms with E-state index in [1.54, 1.807) is 13.0 Å². The summed E-state index contributed by atoms with van der Waals surface area (Å²) in [4.78, 5) is 24.2. The first kappa shape index (κ1) is 13.1. The topological polar surface area (TPSA) is 44.0 Å². The van der Waals surface area contributed by atoms with Gasteiger partial charge in [-0.2, -0.15) is 0 Å². The molecule has 0 bridgehead atoms. The number of benzene rings is 1. The summed E-state index contributed by atoms with van der Waals surface area (Å²) in [6.45, 7) is 1.75. The van der Waals surface area contributed by atoms with Crippen LogP contribution in [0.3, 0.4) is 0 Å². The van der Waals surface area contributed by atoms with Gasteiger partial charge in [-0.05, 0) is 37.5 Å². The summed E-state index contributed by atoms with van der Waals surface area (Å²) in [5, 5.41) is -0.0837. The van der Waals surface area contributed by atoms with Crippen LogP contribution in [-0.4, -0.2) is 9.13 Å². The van der Waals surface area contributed by atoms with Crippen molar-refractivity contribution >= 4 is 11.6 Å². The van der Waals surface area contributed by atoms with Gasteiger partial charge in [0.2, 0.25) is 0 Å². The standard InChI is InChI=1S/C14H12ClFN2O2/c1-8-2-5-11(10(16)6-8)18-12(15)7-13(19)17(14(18)20)9-3-4-9/h2,5-7,9H,3-4H2,1H3. The molecule has 0 unspecified atom stereocenters. The summed E-state index contributed by atoms with van der Waals surface area (Å²) in [5.41, 5.74) is -0.232. The van der Waals surface area contributed by atoms with Crippen molar-refractivity contribution in [2.24, 2.45) is 0 Å². The molecule has 4 nitrogen and oxygen atoms in total. The second-order valence-electron chi connectivity index (χ2n) is 4.98. The average Bonchev–Trinajstić information content (AvgIpc) is 3.15. The van der Waals surface area contributed by atoms with E-state index in [1.807, 2.05) is 0 Å². The van der Waals surface area contributed by atoms with Gasteiger partial charge in [0.15, 0.2) is 0 Å². The van der Waals surface area contributed by atoms with Gasteiger partial charge >= 0.3 is 5.69 Å². The molecular formula is C14H12ClFN2O2. The molecule has 1 fully saturated rings. The highest BCUT2D eigenvalue weighted by Crippen LogP contribution is 2.32. The lowest BCUT2D eigenvalue weighted by Crippen LogP contribution is -2.38. The van der Waals surface area contributed by atoms with Crippen molar-refractivity contribution in [2.75, 3.05) is 0 Å². The van der Waals surface area contributed by atoms with Crippen LogP contribution in [0.2, 0.25) is 5.15 Å². The SMILES string of the molecule is Cc1ccc(-n2c(Cl)cc(=O)n(C3CC3)c2=O)c(F)c1. The first-order chi connectivity index (χ1) is 9.49.